The number of carboxylic acids is 1. The zero-order valence-corrected chi connectivity index (χ0v) is 13.1. The van der Waals surface area contributed by atoms with Crippen molar-refractivity contribution >= 4 is 27.8 Å². The minimum absolute atomic E-state index is 0.138. The minimum atomic E-state index is -0.944. The van der Waals surface area contributed by atoms with E-state index in [1.807, 2.05) is 24.3 Å². The summed E-state index contributed by atoms with van der Waals surface area (Å²) in [5, 5.41) is 11.9. The van der Waals surface area contributed by atoms with Crippen molar-refractivity contribution in [3.63, 3.8) is 0 Å². The molecule has 114 valence electrons. The summed E-state index contributed by atoms with van der Waals surface area (Å²) in [5.74, 6) is -1.27. The Kier molecular flexibility index (Phi) is 5.76. The van der Waals surface area contributed by atoms with Crippen LogP contribution in [0.3, 0.4) is 0 Å². The molecule has 1 aliphatic heterocycles. The lowest BCUT2D eigenvalue weighted by atomic mass is 9.98. The molecule has 0 radical (unpaired) electrons. The fourth-order valence-corrected chi connectivity index (χ4v) is 2.80. The lowest BCUT2D eigenvalue weighted by molar-refractivity contribution is -0.138. The average Bonchev–Trinajstić information content (AvgIpc) is 2.47. The molecule has 0 spiro atoms. The number of hydrogen-bond acceptors (Lipinski definition) is 3. The largest absolute Gasteiger partial charge is 0.481 e. The zero-order valence-electron chi connectivity index (χ0n) is 11.5. The maximum Gasteiger partial charge on any atom is 0.305 e. The number of carboxylic acid groups (broad SMARTS) is 1. The molecule has 5 nitrogen and oxygen atoms in total. The van der Waals surface area contributed by atoms with Crippen LogP contribution < -0.4 is 5.32 Å². The van der Waals surface area contributed by atoms with E-state index >= 15 is 0 Å². The molecule has 2 N–H and O–H groups in total. The maximum atomic E-state index is 12.3. The third-order valence-electron chi connectivity index (χ3n) is 3.48. The molecule has 1 fully saturated rings. The minimum Gasteiger partial charge on any atom is -0.481 e. The molecule has 0 bridgehead atoms. The molecule has 0 unspecified atom stereocenters. The van der Waals surface area contributed by atoms with E-state index in [1.165, 1.54) is 0 Å². The van der Waals surface area contributed by atoms with Crippen LogP contribution in [0.15, 0.2) is 28.7 Å². The van der Waals surface area contributed by atoms with Gasteiger partial charge in [0.05, 0.1) is 25.0 Å². The summed E-state index contributed by atoms with van der Waals surface area (Å²) in [6.07, 6.45) is 1.50. The number of amides is 1. The molecule has 1 aromatic rings. The summed E-state index contributed by atoms with van der Waals surface area (Å²) < 4.78 is 6.16. The van der Waals surface area contributed by atoms with Crippen LogP contribution in [-0.4, -0.2) is 30.2 Å². The summed E-state index contributed by atoms with van der Waals surface area (Å²) in [4.78, 5) is 23.3. The molecule has 0 aliphatic carbocycles. The third kappa shape index (κ3) is 4.82. The van der Waals surface area contributed by atoms with Gasteiger partial charge in [-0.3, -0.25) is 9.59 Å². The topological polar surface area (TPSA) is 75.6 Å². The molecular weight excluding hydrogens is 338 g/mol. The normalized spacial score (nSPS) is 19.8. The molecule has 0 saturated carbocycles. The van der Waals surface area contributed by atoms with Crippen LogP contribution in [0.25, 0.3) is 0 Å². The second kappa shape index (κ2) is 7.56. The molecule has 21 heavy (non-hydrogen) atoms. The molecule has 1 heterocycles. The van der Waals surface area contributed by atoms with Gasteiger partial charge in [0.1, 0.15) is 0 Å². The van der Waals surface area contributed by atoms with E-state index in [1.54, 1.807) is 0 Å². The number of rotatable bonds is 5. The first-order chi connectivity index (χ1) is 10.1. The zero-order chi connectivity index (χ0) is 15.2. The molecule has 1 saturated heterocycles. The fraction of sp³-hybridized carbons (Fsp3) is 0.467. The van der Waals surface area contributed by atoms with Gasteiger partial charge >= 0.3 is 5.97 Å². The van der Waals surface area contributed by atoms with E-state index in [0.717, 1.165) is 22.9 Å². The Morgan fingerprint density at radius 1 is 1.48 bits per heavy atom. The highest BCUT2D eigenvalue weighted by Crippen LogP contribution is 2.22. The molecule has 2 atom stereocenters. The lowest BCUT2D eigenvalue weighted by Gasteiger charge is -2.24. The highest BCUT2D eigenvalue weighted by Gasteiger charge is 2.25. The molecular formula is C15H18BrNO4. The van der Waals surface area contributed by atoms with Gasteiger partial charge in [0, 0.05) is 11.1 Å². The Bertz CT molecular complexity index is 514. The number of carbonyl (C=O) groups is 2. The summed E-state index contributed by atoms with van der Waals surface area (Å²) >= 11 is 3.36. The Labute approximate surface area is 131 Å². The van der Waals surface area contributed by atoms with Gasteiger partial charge in [0.2, 0.25) is 5.91 Å². The maximum absolute atomic E-state index is 12.3. The number of halogens is 1. The van der Waals surface area contributed by atoms with Gasteiger partial charge in [-0.15, -0.1) is 0 Å². The summed E-state index contributed by atoms with van der Waals surface area (Å²) in [6, 6.07) is 6.79. The molecule has 1 amide bonds. The van der Waals surface area contributed by atoms with E-state index in [9.17, 15) is 9.59 Å². The number of aliphatic carboxylic acids is 1. The number of carbonyl (C=O) groups excluding carboxylic acids is 1. The number of nitrogens with one attached hydrogen (secondary N) is 1. The van der Waals surface area contributed by atoms with Crippen molar-refractivity contribution in [1.29, 1.82) is 0 Å². The van der Waals surface area contributed by atoms with Crippen molar-refractivity contribution in [2.75, 3.05) is 13.2 Å². The van der Waals surface area contributed by atoms with Crippen LogP contribution >= 0.6 is 15.9 Å². The fourth-order valence-electron chi connectivity index (χ4n) is 2.39. The van der Waals surface area contributed by atoms with Gasteiger partial charge in [-0.1, -0.05) is 28.1 Å². The molecule has 2 rings (SSSR count). The Morgan fingerprint density at radius 3 is 2.90 bits per heavy atom. The van der Waals surface area contributed by atoms with Gasteiger partial charge in [0.25, 0.3) is 0 Å². The smallest absolute Gasteiger partial charge is 0.305 e. The van der Waals surface area contributed by atoms with Crippen LogP contribution in [0, 0.1) is 5.92 Å². The Balaban J connectivity index is 2.08. The van der Waals surface area contributed by atoms with Crippen LogP contribution in [0.1, 0.15) is 30.9 Å². The van der Waals surface area contributed by atoms with Gasteiger partial charge in [-0.05, 0) is 30.5 Å². The van der Waals surface area contributed by atoms with Crippen LogP contribution in [0.5, 0.6) is 0 Å². The van der Waals surface area contributed by atoms with Crippen molar-refractivity contribution in [3.8, 4) is 0 Å². The standard InChI is InChI=1S/C15H18BrNO4/c16-12-5-1-3-10(7-12)13(8-14(18)19)17-15(20)11-4-2-6-21-9-11/h1,3,5,7,11,13H,2,4,6,8-9H2,(H,17,20)(H,18,19)/t11-,13+/m0/s1. The molecule has 1 aliphatic rings. The van der Waals surface area contributed by atoms with Gasteiger partial charge in [-0.25, -0.2) is 0 Å². The second-order valence-corrected chi connectivity index (χ2v) is 6.04. The van der Waals surface area contributed by atoms with Crippen molar-refractivity contribution in [2.45, 2.75) is 25.3 Å². The first kappa shape index (κ1) is 16.0. The van der Waals surface area contributed by atoms with Crippen molar-refractivity contribution in [2.24, 2.45) is 5.92 Å². The van der Waals surface area contributed by atoms with Crippen molar-refractivity contribution < 1.29 is 19.4 Å². The van der Waals surface area contributed by atoms with E-state index in [0.29, 0.717) is 13.2 Å². The first-order valence-corrected chi connectivity index (χ1v) is 7.71. The molecule has 0 aromatic heterocycles. The second-order valence-electron chi connectivity index (χ2n) is 5.13. The van der Waals surface area contributed by atoms with E-state index in [4.69, 9.17) is 9.84 Å². The number of hydrogen-bond donors (Lipinski definition) is 2. The monoisotopic (exact) mass is 355 g/mol. The highest BCUT2D eigenvalue weighted by molar-refractivity contribution is 9.10. The predicted octanol–water partition coefficient (Wildman–Crippen LogP) is 2.51. The number of ether oxygens (including phenoxy) is 1. The van der Waals surface area contributed by atoms with Crippen LogP contribution in [0.2, 0.25) is 0 Å². The molecule has 6 heteroatoms. The van der Waals surface area contributed by atoms with Gasteiger partial charge < -0.3 is 15.2 Å². The van der Waals surface area contributed by atoms with Crippen LogP contribution in [0.4, 0.5) is 0 Å². The van der Waals surface area contributed by atoms with Crippen LogP contribution in [-0.2, 0) is 14.3 Å². The quantitative estimate of drug-likeness (QED) is 0.850. The third-order valence-corrected chi connectivity index (χ3v) is 3.97. The SMILES string of the molecule is O=C(O)C[C@@H](NC(=O)[C@H]1CCCOC1)c1cccc(Br)c1. The van der Waals surface area contributed by atoms with Gasteiger partial charge in [0.15, 0.2) is 0 Å². The van der Waals surface area contributed by atoms with E-state index in [-0.39, 0.29) is 18.2 Å². The Morgan fingerprint density at radius 2 is 2.29 bits per heavy atom. The van der Waals surface area contributed by atoms with E-state index in [2.05, 4.69) is 21.2 Å². The van der Waals surface area contributed by atoms with Crippen molar-refractivity contribution in [1.82, 2.24) is 5.32 Å². The van der Waals surface area contributed by atoms with Gasteiger partial charge in [-0.2, -0.15) is 0 Å². The predicted molar refractivity (Wildman–Crippen MR) is 80.8 cm³/mol. The van der Waals surface area contributed by atoms with Crippen molar-refractivity contribution in [3.05, 3.63) is 34.3 Å². The average molecular weight is 356 g/mol. The number of benzene rings is 1. The lowest BCUT2D eigenvalue weighted by Crippen LogP contribution is -2.38. The summed E-state index contributed by atoms with van der Waals surface area (Å²) in [5.41, 5.74) is 0.775. The molecule has 1 aromatic carbocycles. The van der Waals surface area contributed by atoms with E-state index < -0.39 is 12.0 Å². The first-order valence-electron chi connectivity index (χ1n) is 6.91. The summed E-state index contributed by atoms with van der Waals surface area (Å²) in [6.45, 7) is 1.10. The Hall–Kier alpha value is -1.40. The summed E-state index contributed by atoms with van der Waals surface area (Å²) in [7, 11) is 0. The highest BCUT2D eigenvalue weighted by atomic mass is 79.9.